The number of imidazole rings is 1. The van der Waals surface area contributed by atoms with E-state index in [1.165, 1.54) is 44.5 Å². The van der Waals surface area contributed by atoms with Crippen LogP contribution in [0, 0.1) is 0 Å². The van der Waals surface area contributed by atoms with Crippen LogP contribution >= 0.6 is 0 Å². The van der Waals surface area contributed by atoms with E-state index in [0.717, 1.165) is 66.8 Å². The Bertz CT molecular complexity index is 3900. The minimum atomic E-state index is -0.490. The first-order valence-electron chi connectivity index (χ1n) is 23.1. The van der Waals surface area contributed by atoms with Crippen LogP contribution in [0.4, 0.5) is 0 Å². The highest BCUT2D eigenvalue weighted by molar-refractivity contribution is 6.04. The van der Waals surface area contributed by atoms with Crippen molar-refractivity contribution in [1.82, 2.24) is 24.3 Å². The Hall–Kier alpha value is -9.06. The number of hydrogen-bond donors (Lipinski definition) is 0. The van der Waals surface area contributed by atoms with Gasteiger partial charge in [0.2, 0.25) is 0 Å². The molecule has 0 unspecified atom stereocenters. The molecule has 316 valence electrons. The number of hydrogen-bond acceptors (Lipinski definition) is 4. The lowest BCUT2D eigenvalue weighted by molar-refractivity contribution is 0.794. The summed E-state index contributed by atoms with van der Waals surface area (Å²) in [6, 6.07) is 82.3. The van der Waals surface area contributed by atoms with E-state index in [0.29, 0.717) is 17.5 Å². The van der Waals surface area contributed by atoms with E-state index >= 15 is 0 Å². The number of nitrogens with zero attached hydrogens (tertiary/aromatic N) is 5. The van der Waals surface area contributed by atoms with Crippen molar-refractivity contribution in [2.75, 3.05) is 0 Å². The highest BCUT2D eigenvalue weighted by atomic mass is 15.0. The largest absolute Gasteiger partial charge is 0.299 e. The summed E-state index contributed by atoms with van der Waals surface area (Å²) in [5.74, 6) is 1.86. The van der Waals surface area contributed by atoms with Crippen LogP contribution in [0.15, 0.2) is 237 Å². The maximum atomic E-state index is 5.47. The highest BCUT2D eigenvalue weighted by Crippen LogP contribution is 2.63. The molecule has 2 aliphatic carbocycles. The predicted octanol–water partition coefficient (Wildman–Crippen LogP) is 15.0. The maximum Gasteiger partial charge on any atom is 0.164 e. The smallest absolute Gasteiger partial charge is 0.164 e. The van der Waals surface area contributed by atoms with Gasteiger partial charge in [0.15, 0.2) is 17.5 Å². The van der Waals surface area contributed by atoms with Gasteiger partial charge in [-0.1, -0.05) is 206 Å². The van der Waals surface area contributed by atoms with Crippen LogP contribution in [0.5, 0.6) is 0 Å². The van der Waals surface area contributed by atoms with Crippen molar-refractivity contribution in [1.29, 1.82) is 0 Å². The molecule has 2 aliphatic rings. The van der Waals surface area contributed by atoms with Crippen LogP contribution in [-0.4, -0.2) is 24.3 Å². The first-order valence-corrected chi connectivity index (χ1v) is 23.1. The first-order chi connectivity index (χ1) is 33.7. The van der Waals surface area contributed by atoms with E-state index < -0.39 is 5.41 Å². The quantitative estimate of drug-likeness (QED) is 0.167. The normalized spacial score (nSPS) is 12.8. The third-order valence-corrected chi connectivity index (χ3v) is 14.1. The average molecular weight is 866 g/mol. The molecule has 1 spiro atoms. The van der Waals surface area contributed by atoms with Gasteiger partial charge in [0, 0.05) is 39.6 Å². The third kappa shape index (κ3) is 5.63. The summed E-state index contributed by atoms with van der Waals surface area (Å²) >= 11 is 0. The lowest BCUT2D eigenvalue weighted by Gasteiger charge is -2.30. The van der Waals surface area contributed by atoms with Gasteiger partial charge in [-0.05, 0) is 85.1 Å². The van der Waals surface area contributed by atoms with Crippen molar-refractivity contribution < 1.29 is 0 Å². The Kier molecular flexibility index (Phi) is 8.43. The molecule has 0 aliphatic heterocycles. The van der Waals surface area contributed by atoms with E-state index in [2.05, 4.69) is 211 Å². The Morgan fingerprint density at radius 1 is 0.324 bits per heavy atom. The lowest BCUT2D eigenvalue weighted by Crippen LogP contribution is -2.25. The zero-order chi connectivity index (χ0) is 44.8. The van der Waals surface area contributed by atoms with Gasteiger partial charge in [0.1, 0.15) is 5.65 Å². The van der Waals surface area contributed by atoms with Crippen LogP contribution in [0.2, 0.25) is 0 Å². The van der Waals surface area contributed by atoms with Crippen molar-refractivity contribution >= 4 is 16.4 Å². The Morgan fingerprint density at radius 2 is 0.838 bits per heavy atom. The second-order valence-corrected chi connectivity index (χ2v) is 17.7. The molecule has 0 radical (unpaired) electrons. The molecule has 0 amide bonds. The standard InChI is InChI=1S/C63H39N5/c1-3-18-42(19-4-1)58-59(68-38-16-15-29-56(68)64-58)43-32-30-41(31-33-43)57-46-22-8-7-17-40(46)34-37-51(57)62-66-60(44-20-5-2-6-21-44)65-61(67-62)45-35-36-50-49-25-11-14-28-54(49)63(55(50)39-45)52-26-12-9-23-47(52)48-24-10-13-27-53(48)63/h1-39H. The molecular weight excluding hydrogens is 827 g/mol. The summed E-state index contributed by atoms with van der Waals surface area (Å²) in [7, 11) is 0. The maximum absolute atomic E-state index is 5.47. The Morgan fingerprint density at radius 3 is 1.53 bits per heavy atom. The molecular formula is C63H39N5. The summed E-state index contributed by atoms with van der Waals surface area (Å²) < 4.78 is 2.18. The molecule has 3 heterocycles. The monoisotopic (exact) mass is 865 g/mol. The number of aromatic nitrogens is 5. The van der Waals surface area contributed by atoms with Crippen LogP contribution in [0.25, 0.3) is 106 Å². The van der Waals surface area contributed by atoms with Gasteiger partial charge >= 0.3 is 0 Å². The average Bonchev–Trinajstić information content (AvgIpc) is 4.06. The predicted molar refractivity (Wildman–Crippen MR) is 275 cm³/mol. The van der Waals surface area contributed by atoms with Gasteiger partial charge < -0.3 is 0 Å². The van der Waals surface area contributed by atoms with Crippen molar-refractivity contribution in [3.05, 3.63) is 259 Å². The van der Waals surface area contributed by atoms with Gasteiger partial charge in [-0.25, -0.2) is 19.9 Å². The Balaban J connectivity index is 0.966. The van der Waals surface area contributed by atoms with Crippen molar-refractivity contribution in [2.45, 2.75) is 5.41 Å². The molecule has 0 bridgehead atoms. The molecule has 0 atom stereocenters. The zero-order valence-electron chi connectivity index (χ0n) is 36.8. The van der Waals surface area contributed by atoms with E-state index in [-0.39, 0.29) is 0 Å². The second kappa shape index (κ2) is 15.0. The first kappa shape index (κ1) is 38.2. The fourth-order valence-electron chi connectivity index (χ4n) is 11.2. The number of rotatable bonds is 6. The molecule has 12 aromatic rings. The molecule has 0 N–H and O–H groups in total. The van der Waals surface area contributed by atoms with Crippen LogP contribution in [0.3, 0.4) is 0 Å². The molecule has 5 heteroatoms. The van der Waals surface area contributed by atoms with Gasteiger partial charge in [0.25, 0.3) is 0 Å². The van der Waals surface area contributed by atoms with E-state index in [4.69, 9.17) is 19.9 Å². The van der Waals surface area contributed by atoms with Gasteiger partial charge in [-0.2, -0.15) is 0 Å². The SMILES string of the molecule is c1ccc(-c2nc(-c3ccc4c(c3)C3(c5ccccc5-c5ccccc53)c3ccccc3-4)nc(-c3ccc4ccccc4c3-c3ccc(-c4c(-c5ccccc5)nc5ccccn45)cc3)n2)cc1. The summed E-state index contributed by atoms with van der Waals surface area (Å²) in [5, 5.41) is 2.26. The van der Waals surface area contributed by atoms with Crippen LogP contribution in [0.1, 0.15) is 22.3 Å². The summed E-state index contributed by atoms with van der Waals surface area (Å²) in [4.78, 5) is 21.2. The minimum absolute atomic E-state index is 0.490. The van der Waals surface area contributed by atoms with Gasteiger partial charge in [-0.15, -0.1) is 0 Å². The molecule has 3 aromatic heterocycles. The van der Waals surface area contributed by atoms with E-state index in [1.54, 1.807) is 0 Å². The molecule has 14 rings (SSSR count). The van der Waals surface area contributed by atoms with E-state index in [1.807, 2.05) is 30.3 Å². The molecule has 0 saturated heterocycles. The number of pyridine rings is 1. The van der Waals surface area contributed by atoms with Gasteiger partial charge in [0.05, 0.1) is 16.8 Å². The zero-order valence-corrected chi connectivity index (χ0v) is 36.8. The highest BCUT2D eigenvalue weighted by Gasteiger charge is 2.51. The third-order valence-electron chi connectivity index (χ3n) is 14.1. The van der Waals surface area contributed by atoms with Crippen molar-refractivity contribution in [2.24, 2.45) is 0 Å². The van der Waals surface area contributed by atoms with Crippen molar-refractivity contribution in [3.8, 4) is 90.1 Å². The molecule has 68 heavy (non-hydrogen) atoms. The molecule has 0 fully saturated rings. The fraction of sp³-hybridized carbons (Fsp3) is 0.0159. The number of benzene rings is 9. The molecule has 9 aromatic carbocycles. The topological polar surface area (TPSA) is 56.0 Å². The summed E-state index contributed by atoms with van der Waals surface area (Å²) in [5.41, 5.74) is 19.7. The van der Waals surface area contributed by atoms with Crippen LogP contribution in [-0.2, 0) is 5.41 Å². The minimum Gasteiger partial charge on any atom is -0.299 e. The summed E-state index contributed by atoms with van der Waals surface area (Å²) in [6.07, 6.45) is 2.09. The second-order valence-electron chi connectivity index (χ2n) is 17.7. The number of fused-ring (bicyclic) bond motifs is 12. The van der Waals surface area contributed by atoms with Crippen molar-refractivity contribution in [3.63, 3.8) is 0 Å². The van der Waals surface area contributed by atoms with Gasteiger partial charge in [-0.3, -0.25) is 4.40 Å². The fourth-order valence-corrected chi connectivity index (χ4v) is 11.2. The van der Waals surface area contributed by atoms with Crippen LogP contribution < -0.4 is 0 Å². The lowest BCUT2D eigenvalue weighted by atomic mass is 9.70. The summed E-state index contributed by atoms with van der Waals surface area (Å²) in [6.45, 7) is 0. The van der Waals surface area contributed by atoms with E-state index in [9.17, 15) is 0 Å². The molecule has 0 saturated carbocycles. The molecule has 5 nitrogen and oxygen atoms in total. The Labute approximate surface area is 393 Å².